The summed E-state index contributed by atoms with van der Waals surface area (Å²) >= 11 is 0. The van der Waals surface area contributed by atoms with Crippen molar-refractivity contribution >= 4 is 0 Å². The van der Waals surface area contributed by atoms with E-state index in [2.05, 4.69) is 20.3 Å². The number of hydrogen-bond donors (Lipinski definition) is 0. The minimum Gasteiger partial charge on any atom is -0.420 e. The first-order valence-electron chi connectivity index (χ1n) is 7.25. The van der Waals surface area contributed by atoms with Gasteiger partial charge in [0.25, 0.3) is 0 Å². The van der Waals surface area contributed by atoms with Crippen LogP contribution in [0.5, 0.6) is 0 Å². The molecule has 0 aliphatic rings. The SMILES string of the molecule is Cc1ccc(-c2nnc(Cc3nc(C(C)(C)C)no3)o2)cc1F. The Morgan fingerprint density at radius 1 is 1.13 bits per heavy atom. The van der Waals surface area contributed by atoms with Gasteiger partial charge in [-0.1, -0.05) is 32.0 Å². The molecule has 0 atom stereocenters. The van der Waals surface area contributed by atoms with Crippen molar-refractivity contribution in [3.8, 4) is 11.5 Å². The Kier molecular flexibility index (Phi) is 3.71. The van der Waals surface area contributed by atoms with E-state index in [1.807, 2.05) is 20.8 Å². The molecule has 2 aromatic heterocycles. The molecule has 2 heterocycles. The maximum atomic E-state index is 13.6. The number of benzene rings is 1. The number of nitrogens with zero attached hydrogens (tertiary/aromatic N) is 4. The molecule has 6 nitrogen and oxygen atoms in total. The Bertz CT molecular complexity index is 833. The smallest absolute Gasteiger partial charge is 0.247 e. The van der Waals surface area contributed by atoms with Gasteiger partial charge in [-0.05, 0) is 24.6 Å². The molecule has 0 saturated carbocycles. The molecule has 0 unspecified atom stereocenters. The van der Waals surface area contributed by atoms with Crippen LogP contribution in [0, 0.1) is 12.7 Å². The first-order valence-corrected chi connectivity index (χ1v) is 7.25. The highest BCUT2D eigenvalue weighted by Gasteiger charge is 2.22. The van der Waals surface area contributed by atoms with Crippen molar-refractivity contribution < 1.29 is 13.3 Å². The molecule has 0 aliphatic carbocycles. The number of rotatable bonds is 3. The Morgan fingerprint density at radius 3 is 2.57 bits per heavy atom. The molecule has 120 valence electrons. The van der Waals surface area contributed by atoms with Crippen LogP contribution in [0.25, 0.3) is 11.5 Å². The maximum Gasteiger partial charge on any atom is 0.247 e. The molecule has 0 N–H and O–H groups in total. The van der Waals surface area contributed by atoms with Gasteiger partial charge < -0.3 is 8.94 Å². The van der Waals surface area contributed by atoms with Gasteiger partial charge in [0.1, 0.15) is 12.2 Å². The van der Waals surface area contributed by atoms with Crippen LogP contribution in [-0.2, 0) is 11.8 Å². The first kappa shape index (κ1) is 15.3. The van der Waals surface area contributed by atoms with Crippen LogP contribution in [0.2, 0.25) is 0 Å². The van der Waals surface area contributed by atoms with Crippen molar-refractivity contribution in [2.75, 3.05) is 0 Å². The van der Waals surface area contributed by atoms with E-state index < -0.39 is 0 Å². The monoisotopic (exact) mass is 316 g/mol. The van der Waals surface area contributed by atoms with Crippen molar-refractivity contribution in [1.29, 1.82) is 0 Å². The molecule has 0 fully saturated rings. The van der Waals surface area contributed by atoms with Gasteiger partial charge in [0.2, 0.25) is 17.7 Å². The Hall–Kier alpha value is -2.57. The predicted molar refractivity (Wildman–Crippen MR) is 80.2 cm³/mol. The van der Waals surface area contributed by atoms with Gasteiger partial charge in [-0.3, -0.25) is 0 Å². The molecule has 0 saturated heterocycles. The van der Waals surface area contributed by atoms with Gasteiger partial charge in [-0.15, -0.1) is 10.2 Å². The minimum absolute atomic E-state index is 0.193. The summed E-state index contributed by atoms with van der Waals surface area (Å²) in [5.74, 6) is 1.31. The lowest BCUT2D eigenvalue weighted by atomic mass is 9.96. The lowest BCUT2D eigenvalue weighted by molar-refractivity contribution is 0.360. The summed E-state index contributed by atoms with van der Waals surface area (Å²) < 4.78 is 24.4. The Balaban J connectivity index is 1.79. The highest BCUT2D eigenvalue weighted by Crippen LogP contribution is 2.22. The molecular formula is C16H17FN4O2. The second kappa shape index (κ2) is 5.57. The van der Waals surface area contributed by atoms with E-state index in [-0.39, 0.29) is 23.5 Å². The molecule has 0 aliphatic heterocycles. The number of aromatic nitrogens is 4. The fraction of sp³-hybridized carbons (Fsp3) is 0.375. The first-order chi connectivity index (χ1) is 10.8. The van der Waals surface area contributed by atoms with Crippen LogP contribution in [0.15, 0.2) is 27.1 Å². The van der Waals surface area contributed by atoms with Crippen molar-refractivity contribution in [3.05, 3.63) is 47.2 Å². The number of aryl methyl sites for hydroxylation is 1. The molecule has 0 bridgehead atoms. The summed E-state index contributed by atoms with van der Waals surface area (Å²) in [6.07, 6.45) is 0.240. The third-order valence-corrected chi connectivity index (χ3v) is 3.33. The quantitative estimate of drug-likeness (QED) is 0.736. The van der Waals surface area contributed by atoms with Crippen molar-refractivity contribution in [2.45, 2.75) is 39.5 Å². The highest BCUT2D eigenvalue weighted by atomic mass is 19.1. The van der Waals surface area contributed by atoms with E-state index in [9.17, 15) is 4.39 Å². The summed E-state index contributed by atoms with van der Waals surface area (Å²) in [6, 6.07) is 4.78. The van der Waals surface area contributed by atoms with E-state index in [4.69, 9.17) is 8.94 Å². The lowest BCUT2D eigenvalue weighted by Gasteiger charge is -2.10. The summed E-state index contributed by atoms with van der Waals surface area (Å²) in [5.41, 5.74) is 0.906. The normalized spacial score (nSPS) is 11.9. The van der Waals surface area contributed by atoms with Gasteiger partial charge in [-0.2, -0.15) is 4.98 Å². The van der Waals surface area contributed by atoms with Crippen LogP contribution in [-0.4, -0.2) is 20.3 Å². The standard InChI is InChI=1S/C16H17FN4O2/c1-9-5-6-10(7-11(9)17)14-20-19-13(22-14)8-12-18-15(21-23-12)16(2,3)4/h5-7H,8H2,1-4H3. The second-order valence-electron chi connectivity index (χ2n) is 6.40. The van der Waals surface area contributed by atoms with Crippen molar-refractivity contribution in [1.82, 2.24) is 20.3 Å². The molecule has 0 radical (unpaired) electrons. The third kappa shape index (κ3) is 3.28. The third-order valence-electron chi connectivity index (χ3n) is 3.33. The van der Waals surface area contributed by atoms with Crippen molar-refractivity contribution in [2.24, 2.45) is 0 Å². The largest absolute Gasteiger partial charge is 0.420 e. The molecule has 0 amide bonds. The van der Waals surface area contributed by atoms with Gasteiger partial charge in [0, 0.05) is 11.0 Å². The lowest BCUT2D eigenvalue weighted by Crippen LogP contribution is -2.13. The van der Waals surface area contributed by atoms with Crippen LogP contribution >= 0.6 is 0 Å². The predicted octanol–water partition coefficient (Wildman–Crippen LogP) is 3.46. The summed E-state index contributed by atoms with van der Waals surface area (Å²) in [5, 5.41) is 11.8. The van der Waals surface area contributed by atoms with E-state index in [1.54, 1.807) is 19.1 Å². The van der Waals surface area contributed by atoms with E-state index >= 15 is 0 Å². The summed E-state index contributed by atoms with van der Waals surface area (Å²) in [4.78, 5) is 4.32. The van der Waals surface area contributed by atoms with Crippen LogP contribution in [0.1, 0.15) is 43.9 Å². The van der Waals surface area contributed by atoms with Gasteiger partial charge in [0.05, 0.1) is 0 Å². The fourth-order valence-corrected chi connectivity index (χ4v) is 1.93. The van der Waals surface area contributed by atoms with E-state index in [1.165, 1.54) is 6.07 Å². The van der Waals surface area contributed by atoms with Gasteiger partial charge >= 0.3 is 0 Å². The summed E-state index contributed by atoms with van der Waals surface area (Å²) in [6.45, 7) is 7.69. The van der Waals surface area contributed by atoms with Crippen molar-refractivity contribution in [3.63, 3.8) is 0 Å². The topological polar surface area (TPSA) is 77.8 Å². The molecule has 7 heteroatoms. The zero-order chi connectivity index (χ0) is 16.6. The van der Waals surface area contributed by atoms with Gasteiger partial charge in [0.15, 0.2) is 5.82 Å². The Morgan fingerprint density at radius 2 is 1.91 bits per heavy atom. The Labute approximate surface area is 132 Å². The zero-order valence-electron chi connectivity index (χ0n) is 13.4. The van der Waals surface area contributed by atoms with Crippen LogP contribution in [0.4, 0.5) is 4.39 Å². The van der Waals surface area contributed by atoms with Gasteiger partial charge in [-0.25, -0.2) is 4.39 Å². The van der Waals surface area contributed by atoms with E-state index in [0.717, 1.165) is 0 Å². The highest BCUT2D eigenvalue weighted by molar-refractivity contribution is 5.53. The fourth-order valence-electron chi connectivity index (χ4n) is 1.93. The molecule has 1 aromatic carbocycles. The molecular weight excluding hydrogens is 299 g/mol. The number of halogens is 1. The van der Waals surface area contributed by atoms with E-state index in [0.29, 0.717) is 28.7 Å². The molecule has 3 aromatic rings. The molecule has 0 spiro atoms. The minimum atomic E-state index is -0.311. The van der Waals surface area contributed by atoms with Crippen LogP contribution in [0.3, 0.4) is 0 Å². The average molecular weight is 316 g/mol. The zero-order valence-corrected chi connectivity index (χ0v) is 13.4. The molecule has 3 rings (SSSR count). The summed E-state index contributed by atoms with van der Waals surface area (Å²) in [7, 11) is 0. The second-order valence-corrected chi connectivity index (χ2v) is 6.40. The number of hydrogen-bond acceptors (Lipinski definition) is 6. The van der Waals surface area contributed by atoms with Crippen LogP contribution < -0.4 is 0 Å². The average Bonchev–Trinajstić information content (AvgIpc) is 3.11. The maximum absolute atomic E-state index is 13.6. The molecule has 23 heavy (non-hydrogen) atoms.